The molecule has 1 aliphatic rings. The highest BCUT2D eigenvalue weighted by atomic mass is 16.5. The number of hydrogen-bond donors (Lipinski definition) is 1. The van der Waals surface area contributed by atoms with Gasteiger partial charge in [-0.3, -0.25) is 0 Å². The van der Waals surface area contributed by atoms with Gasteiger partial charge >= 0.3 is 0 Å². The molecule has 2 atom stereocenters. The lowest BCUT2D eigenvalue weighted by Crippen LogP contribution is -2.47. The van der Waals surface area contributed by atoms with E-state index in [1.165, 1.54) is 17.0 Å². The lowest BCUT2D eigenvalue weighted by molar-refractivity contribution is 0.0881. The molecule has 0 aromatic carbocycles. The first-order chi connectivity index (χ1) is 7.94. The average molecular weight is 236 g/mol. The number of nitrogens with one attached hydrogen (secondary N) is 1. The molecule has 0 spiro atoms. The molecule has 2 heterocycles. The highest BCUT2D eigenvalue weighted by Gasteiger charge is 2.36. The van der Waals surface area contributed by atoms with Crippen molar-refractivity contribution < 1.29 is 4.74 Å². The summed E-state index contributed by atoms with van der Waals surface area (Å²) in [5, 5.41) is 3.67. The Kier molecular flexibility index (Phi) is 3.32. The minimum Gasteiger partial charge on any atom is -0.377 e. The first-order valence-corrected chi connectivity index (χ1v) is 6.42. The van der Waals surface area contributed by atoms with Crippen molar-refractivity contribution in [1.82, 2.24) is 9.88 Å². The first-order valence-electron chi connectivity index (χ1n) is 6.42. The van der Waals surface area contributed by atoms with E-state index < -0.39 is 0 Å². The molecule has 0 aliphatic carbocycles. The van der Waals surface area contributed by atoms with Crippen LogP contribution in [0.4, 0.5) is 0 Å². The van der Waals surface area contributed by atoms with Crippen molar-refractivity contribution in [3.05, 3.63) is 23.0 Å². The quantitative estimate of drug-likeness (QED) is 0.871. The fourth-order valence-electron chi connectivity index (χ4n) is 2.48. The molecule has 0 saturated carbocycles. The molecule has 3 heteroatoms. The smallest absolute Gasteiger partial charge is 0.0726 e. The molecular weight excluding hydrogens is 212 g/mol. The zero-order valence-electron chi connectivity index (χ0n) is 11.6. The van der Waals surface area contributed by atoms with Gasteiger partial charge in [-0.1, -0.05) is 0 Å². The second kappa shape index (κ2) is 4.46. The molecule has 3 nitrogen and oxygen atoms in total. The normalized spacial score (nSPS) is 28.9. The third kappa shape index (κ3) is 2.26. The summed E-state index contributed by atoms with van der Waals surface area (Å²) in [5.41, 5.74) is 4.19. The van der Waals surface area contributed by atoms with Gasteiger partial charge in [0.25, 0.3) is 0 Å². The van der Waals surface area contributed by atoms with Crippen molar-refractivity contribution in [1.29, 1.82) is 0 Å². The second-order valence-corrected chi connectivity index (χ2v) is 5.49. The molecule has 1 saturated heterocycles. The Hall–Kier alpha value is -0.800. The Morgan fingerprint density at radius 1 is 1.53 bits per heavy atom. The summed E-state index contributed by atoms with van der Waals surface area (Å²) in [7, 11) is 2.12. The fourth-order valence-corrected chi connectivity index (χ4v) is 2.48. The maximum absolute atomic E-state index is 5.65. The van der Waals surface area contributed by atoms with Crippen LogP contribution in [0.3, 0.4) is 0 Å². The lowest BCUT2D eigenvalue weighted by Gasteiger charge is -2.29. The molecule has 1 aromatic rings. The summed E-state index contributed by atoms with van der Waals surface area (Å²) in [4.78, 5) is 0. The first kappa shape index (κ1) is 12.7. The Morgan fingerprint density at radius 3 is 2.71 bits per heavy atom. The van der Waals surface area contributed by atoms with Crippen molar-refractivity contribution in [3.8, 4) is 0 Å². The Morgan fingerprint density at radius 2 is 2.24 bits per heavy atom. The van der Waals surface area contributed by atoms with Crippen LogP contribution < -0.4 is 5.32 Å². The fraction of sp³-hybridized carbons (Fsp3) is 0.714. The molecule has 1 aliphatic heterocycles. The predicted octanol–water partition coefficient (Wildman–Crippen LogP) is 2.30. The topological polar surface area (TPSA) is 26.2 Å². The summed E-state index contributed by atoms with van der Waals surface area (Å²) in [6.45, 7) is 10.6. The molecule has 0 bridgehead atoms. The van der Waals surface area contributed by atoms with Crippen LogP contribution in [0, 0.1) is 13.8 Å². The van der Waals surface area contributed by atoms with Gasteiger partial charge in [-0.05, 0) is 45.7 Å². The van der Waals surface area contributed by atoms with Crippen LogP contribution in [0.2, 0.25) is 0 Å². The molecule has 96 valence electrons. The van der Waals surface area contributed by atoms with Crippen molar-refractivity contribution in [2.75, 3.05) is 6.61 Å². The van der Waals surface area contributed by atoms with Crippen LogP contribution in [-0.2, 0) is 18.3 Å². The van der Waals surface area contributed by atoms with Gasteiger partial charge in [-0.25, -0.2) is 0 Å². The molecule has 1 fully saturated rings. The molecular formula is C14H24N2O. The zero-order chi connectivity index (χ0) is 12.6. The lowest BCUT2D eigenvalue weighted by atomic mass is 9.94. The minimum atomic E-state index is 0.121. The van der Waals surface area contributed by atoms with Crippen LogP contribution in [0.5, 0.6) is 0 Å². The molecule has 17 heavy (non-hydrogen) atoms. The van der Waals surface area contributed by atoms with E-state index in [0.717, 1.165) is 19.6 Å². The number of aromatic nitrogens is 1. The standard InChI is InChI=1S/C14H24N2O/c1-10-8-13(11(2)16(10)5)9-15-14(4)6-7-17-12(14)3/h8,12,15H,6-7,9H2,1-5H3. The van der Waals surface area contributed by atoms with Gasteiger partial charge in [0.15, 0.2) is 0 Å². The summed E-state index contributed by atoms with van der Waals surface area (Å²) in [6, 6.07) is 2.27. The largest absolute Gasteiger partial charge is 0.377 e. The van der Waals surface area contributed by atoms with Crippen LogP contribution >= 0.6 is 0 Å². The maximum Gasteiger partial charge on any atom is 0.0726 e. The van der Waals surface area contributed by atoms with Gasteiger partial charge in [0.05, 0.1) is 6.10 Å². The van der Waals surface area contributed by atoms with E-state index in [0.29, 0.717) is 6.10 Å². The van der Waals surface area contributed by atoms with Gasteiger partial charge in [0, 0.05) is 37.1 Å². The van der Waals surface area contributed by atoms with Crippen molar-refractivity contribution in [3.63, 3.8) is 0 Å². The highest BCUT2D eigenvalue weighted by Crippen LogP contribution is 2.26. The molecule has 2 unspecified atom stereocenters. The summed E-state index contributed by atoms with van der Waals surface area (Å²) >= 11 is 0. The van der Waals surface area contributed by atoms with Gasteiger partial charge < -0.3 is 14.6 Å². The Balaban J connectivity index is 2.05. The summed E-state index contributed by atoms with van der Waals surface area (Å²) in [6.07, 6.45) is 1.39. The van der Waals surface area contributed by atoms with Crippen LogP contribution in [0.25, 0.3) is 0 Å². The van der Waals surface area contributed by atoms with E-state index in [4.69, 9.17) is 4.74 Å². The molecule has 1 N–H and O–H groups in total. The van der Waals surface area contributed by atoms with E-state index in [1.807, 2.05) is 0 Å². The SMILES string of the molecule is Cc1cc(CNC2(C)CCOC2C)c(C)n1C. The van der Waals surface area contributed by atoms with Crippen molar-refractivity contribution in [2.24, 2.45) is 7.05 Å². The summed E-state index contributed by atoms with van der Waals surface area (Å²) < 4.78 is 7.89. The van der Waals surface area contributed by atoms with Gasteiger partial charge in [0.1, 0.15) is 0 Å². The zero-order valence-corrected chi connectivity index (χ0v) is 11.6. The maximum atomic E-state index is 5.65. The molecule has 0 amide bonds. The molecule has 0 radical (unpaired) electrons. The minimum absolute atomic E-state index is 0.121. The van der Waals surface area contributed by atoms with E-state index in [1.54, 1.807) is 0 Å². The van der Waals surface area contributed by atoms with Crippen molar-refractivity contribution >= 4 is 0 Å². The summed E-state index contributed by atoms with van der Waals surface area (Å²) in [5.74, 6) is 0. The third-order valence-corrected chi connectivity index (χ3v) is 4.45. The number of aryl methyl sites for hydroxylation is 1. The predicted molar refractivity (Wildman–Crippen MR) is 70.2 cm³/mol. The number of nitrogens with zero attached hydrogens (tertiary/aromatic N) is 1. The van der Waals surface area contributed by atoms with Gasteiger partial charge in [0.2, 0.25) is 0 Å². The Bertz CT molecular complexity index is 411. The van der Waals surface area contributed by atoms with E-state index in [2.05, 4.69) is 50.7 Å². The second-order valence-electron chi connectivity index (χ2n) is 5.49. The molecule has 1 aromatic heterocycles. The average Bonchev–Trinajstić information content (AvgIpc) is 2.73. The van der Waals surface area contributed by atoms with Gasteiger partial charge in [-0.15, -0.1) is 0 Å². The monoisotopic (exact) mass is 236 g/mol. The third-order valence-electron chi connectivity index (χ3n) is 4.45. The van der Waals surface area contributed by atoms with E-state index in [-0.39, 0.29) is 5.54 Å². The van der Waals surface area contributed by atoms with E-state index >= 15 is 0 Å². The highest BCUT2D eigenvalue weighted by molar-refractivity contribution is 5.26. The molecule has 2 rings (SSSR count). The number of ether oxygens (including phenoxy) is 1. The van der Waals surface area contributed by atoms with Gasteiger partial charge in [-0.2, -0.15) is 0 Å². The van der Waals surface area contributed by atoms with E-state index in [9.17, 15) is 0 Å². The number of rotatable bonds is 3. The number of hydrogen-bond acceptors (Lipinski definition) is 2. The Labute approximate surface area is 104 Å². The van der Waals surface area contributed by atoms with Crippen LogP contribution in [-0.4, -0.2) is 22.8 Å². The van der Waals surface area contributed by atoms with Crippen LogP contribution in [0.1, 0.15) is 37.2 Å². The van der Waals surface area contributed by atoms with Crippen LogP contribution in [0.15, 0.2) is 6.07 Å². The van der Waals surface area contributed by atoms with Crippen molar-refractivity contribution in [2.45, 2.75) is 52.3 Å².